The lowest BCUT2D eigenvalue weighted by molar-refractivity contribution is -0.110. The van der Waals surface area contributed by atoms with Gasteiger partial charge in [0.1, 0.15) is 13.4 Å². The zero-order valence-electron chi connectivity index (χ0n) is 8.66. The summed E-state index contributed by atoms with van der Waals surface area (Å²) in [7, 11) is 9.21. The maximum atomic E-state index is 5.87. The molecule has 1 saturated carbocycles. The van der Waals surface area contributed by atoms with Crippen LogP contribution in [0.2, 0.25) is 0 Å². The molecule has 76 valence electrons. The summed E-state index contributed by atoms with van der Waals surface area (Å²) in [5, 5.41) is 0. The van der Waals surface area contributed by atoms with Gasteiger partial charge in [-0.2, -0.15) is 0 Å². The van der Waals surface area contributed by atoms with E-state index < -0.39 is 5.60 Å². The molecule has 1 unspecified atom stereocenters. The van der Waals surface area contributed by atoms with Crippen molar-refractivity contribution in [2.75, 3.05) is 20.8 Å². The average Bonchev–Trinajstić information content (AvgIpc) is 2.51. The van der Waals surface area contributed by atoms with Crippen molar-refractivity contribution in [2.45, 2.75) is 24.1 Å². The first-order valence-corrected chi connectivity index (χ1v) is 4.77. The Morgan fingerprint density at radius 1 is 1.64 bits per heavy atom. The van der Waals surface area contributed by atoms with Crippen molar-refractivity contribution >= 4 is 7.85 Å². The van der Waals surface area contributed by atoms with Crippen LogP contribution in [0.3, 0.4) is 0 Å². The standard InChI is InChI=1S/C10H15BO3/c1-6-4-10(5-12-2)8(13-3)7(6)9(11)14-10/h7-9H,1,4-5H2,2-3H3/t7-,8?,9+,10+/m0/s1. The molecule has 0 aromatic rings. The van der Waals surface area contributed by atoms with Gasteiger partial charge in [0.25, 0.3) is 0 Å². The first-order chi connectivity index (χ1) is 6.64. The minimum atomic E-state index is -0.398. The molecule has 0 aromatic carbocycles. The zero-order valence-corrected chi connectivity index (χ0v) is 8.66. The lowest BCUT2D eigenvalue weighted by Gasteiger charge is -2.31. The van der Waals surface area contributed by atoms with Crippen molar-refractivity contribution in [1.82, 2.24) is 0 Å². The molecule has 1 heterocycles. The molecule has 0 amide bonds. The molecular formula is C10H15BO3. The van der Waals surface area contributed by atoms with Gasteiger partial charge in [-0.25, -0.2) is 0 Å². The Balaban J connectivity index is 2.27. The number of rotatable bonds is 3. The fraction of sp³-hybridized carbons (Fsp3) is 0.800. The minimum Gasteiger partial charge on any atom is -0.382 e. The summed E-state index contributed by atoms with van der Waals surface area (Å²) in [5.74, 6) is 0.121. The zero-order chi connectivity index (χ0) is 10.3. The van der Waals surface area contributed by atoms with Crippen LogP contribution >= 0.6 is 0 Å². The smallest absolute Gasteiger partial charge is 0.121 e. The van der Waals surface area contributed by atoms with Crippen LogP contribution in [0, 0.1) is 5.92 Å². The topological polar surface area (TPSA) is 27.7 Å². The first kappa shape index (κ1) is 10.2. The molecule has 1 saturated heterocycles. The van der Waals surface area contributed by atoms with Gasteiger partial charge in [0.15, 0.2) is 0 Å². The Kier molecular flexibility index (Phi) is 2.45. The summed E-state index contributed by atoms with van der Waals surface area (Å²) in [6.45, 7) is 4.53. The van der Waals surface area contributed by atoms with E-state index in [-0.39, 0.29) is 18.0 Å². The van der Waals surface area contributed by atoms with Crippen LogP contribution in [0.5, 0.6) is 0 Å². The number of hydrogen-bond acceptors (Lipinski definition) is 3. The van der Waals surface area contributed by atoms with Gasteiger partial charge in [0, 0.05) is 32.6 Å². The van der Waals surface area contributed by atoms with Crippen LogP contribution in [-0.2, 0) is 14.2 Å². The lowest BCUT2D eigenvalue weighted by atomic mass is 9.83. The molecule has 4 heteroatoms. The van der Waals surface area contributed by atoms with Crippen LogP contribution in [-0.4, -0.2) is 46.4 Å². The van der Waals surface area contributed by atoms with E-state index in [1.165, 1.54) is 0 Å². The van der Waals surface area contributed by atoms with Crippen molar-refractivity contribution in [3.63, 3.8) is 0 Å². The Morgan fingerprint density at radius 3 is 2.86 bits per heavy atom. The van der Waals surface area contributed by atoms with Crippen LogP contribution < -0.4 is 0 Å². The number of methoxy groups -OCH3 is 2. The highest BCUT2D eigenvalue weighted by atomic mass is 16.6. The molecule has 1 aliphatic carbocycles. The third kappa shape index (κ3) is 1.18. The van der Waals surface area contributed by atoms with Gasteiger partial charge in [0.05, 0.1) is 12.7 Å². The molecule has 1 aliphatic heterocycles. The second-order valence-corrected chi connectivity index (χ2v) is 4.10. The second kappa shape index (κ2) is 3.37. The van der Waals surface area contributed by atoms with Crippen molar-refractivity contribution < 1.29 is 14.2 Å². The van der Waals surface area contributed by atoms with E-state index in [1.54, 1.807) is 14.2 Å². The van der Waals surface area contributed by atoms with Crippen molar-refractivity contribution in [3.05, 3.63) is 12.2 Å². The Hall–Kier alpha value is -0.315. The van der Waals surface area contributed by atoms with Gasteiger partial charge >= 0.3 is 0 Å². The maximum Gasteiger partial charge on any atom is 0.121 e. The molecule has 3 nitrogen and oxygen atoms in total. The molecule has 2 rings (SSSR count). The number of hydrogen-bond donors (Lipinski definition) is 0. The number of ether oxygens (including phenoxy) is 3. The molecule has 0 spiro atoms. The van der Waals surface area contributed by atoms with E-state index in [4.69, 9.17) is 22.1 Å². The van der Waals surface area contributed by atoms with E-state index in [0.29, 0.717) is 6.61 Å². The van der Waals surface area contributed by atoms with Crippen molar-refractivity contribution in [3.8, 4) is 0 Å². The Morgan fingerprint density at radius 2 is 2.36 bits per heavy atom. The summed E-state index contributed by atoms with van der Waals surface area (Å²) in [6.07, 6.45) is 0.780. The molecule has 2 radical (unpaired) electrons. The summed E-state index contributed by atoms with van der Waals surface area (Å²) < 4.78 is 16.4. The van der Waals surface area contributed by atoms with Gasteiger partial charge in [-0.1, -0.05) is 12.2 Å². The summed E-state index contributed by atoms with van der Waals surface area (Å²) >= 11 is 0. The van der Waals surface area contributed by atoms with Crippen LogP contribution in [0.25, 0.3) is 0 Å². The highest BCUT2D eigenvalue weighted by Crippen LogP contribution is 2.51. The summed E-state index contributed by atoms with van der Waals surface area (Å²) in [4.78, 5) is 0. The van der Waals surface area contributed by atoms with Gasteiger partial charge in [-0.05, 0) is 0 Å². The van der Waals surface area contributed by atoms with E-state index in [2.05, 4.69) is 6.58 Å². The molecule has 2 fully saturated rings. The SMILES string of the molecule is [B][C@@H]1O[C@@]2(COC)CC(=C)[C@H]1C2OC. The summed E-state index contributed by atoms with van der Waals surface area (Å²) in [5.41, 5.74) is 0.720. The largest absolute Gasteiger partial charge is 0.382 e. The molecule has 0 aromatic heterocycles. The minimum absolute atomic E-state index is 0.00931. The highest BCUT2D eigenvalue weighted by molar-refractivity contribution is 6.11. The van der Waals surface area contributed by atoms with Gasteiger partial charge in [0.2, 0.25) is 0 Å². The molecule has 4 atom stereocenters. The van der Waals surface area contributed by atoms with Gasteiger partial charge < -0.3 is 14.2 Å². The van der Waals surface area contributed by atoms with Crippen molar-refractivity contribution in [2.24, 2.45) is 5.92 Å². The molecule has 2 bridgehead atoms. The molecular weight excluding hydrogens is 179 g/mol. The molecule has 14 heavy (non-hydrogen) atoms. The second-order valence-electron chi connectivity index (χ2n) is 4.10. The predicted octanol–water partition coefficient (Wildman–Crippen LogP) is 0.487. The van der Waals surface area contributed by atoms with Crippen molar-refractivity contribution in [1.29, 1.82) is 0 Å². The van der Waals surface area contributed by atoms with E-state index in [0.717, 1.165) is 12.0 Å². The highest BCUT2D eigenvalue weighted by Gasteiger charge is 2.60. The quantitative estimate of drug-likeness (QED) is 0.483. The fourth-order valence-corrected chi connectivity index (χ4v) is 2.77. The average molecular weight is 194 g/mol. The molecule has 0 N–H and O–H groups in total. The normalized spacial score (nSPS) is 46.1. The third-order valence-electron chi connectivity index (χ3n) is 3.21. The first-order valence-electron chi connectivity index (χ1n) is 4.77. The predicted molar refractivity (Wildman–Crippen MR) is 53.3 cm³/mol. The summed E-state index contributed by atoms with van der Waals surface area (Å²) in [6, 6.07) is -0.295. The lowest BCUT2D eigenvalue weighted by Crippen LogP contribution is -2.42. The monoisotopic (exact) mass is 194 g/mol. The number of fused-ring (bicyclic) bond motifs is 2. The van der Waals surface area contributed by atoms with Crippen LogP contribution in [0.1, 0.15) is 6.42 Å². The van der Waals surface area contributed by atoms with Gasteiger partial charge in [-0.15, -0.1) is 0 Å². The molecule has 2 aliphatic rings. The van der Waals surface area contributed by atoms with Crippen LogP contribution in [0.4, 0.5) is 0 Å². The third-order valence-corrected chi connectivity index (χ3v) is 3.21. The van der Waals surface area contributed by atoms with Gasteiger partial charge in [-0.3, -0.25) is 0 Å². The van der Waals surface area contributed by atoms with E-state index >= 15 is 0 Å². The fourth-order valence-electron chi connectivity index (χ4n) is 2.77. The van der Waals surface area contributed by atoms with E-state index in [9.17, 15) is 0 Å². The maximum absolute atomic E-state index is 5.87. The Bertz CT molecular complexity index is 256. The van der Waals surface area contributed by atoms with Crippen LogP contribution in [0.15, 0.2) is 12.2 Å². The Labute approximate surface area is 85.8 Å². The van der Waals surface area contributed by atoms with E-state index in [1.807, 2.05) is 0 Å².